The van der Waals surface area contributed by atoms with E-state index in [1.165, 1.54) is 0 Å². The van der Waals surface area contributed by atoms with Crippen LogP contribution in [0.25, 0.3) is 0 Å². The van der Waals surface area contributed by atoms with Gasteiger partial charge in [-0.25, -0.2) is 0 Å². The number of anilines is 2. The topological polar surface area (TPSA) is 49.4 Å². The van der Waals surface area contributed by atoms with Crippen LogP contribution in [0.15, 0.2) is 84.9 Å². The largest absolute Gasteiger partial charge is 0.326 e. The maximum absolute atomic E-state index is 12.9. The fourth-order valence-corrected chi connectivity index (χ4v) is 3.39. The molecule has 0 spiro atoms. The van der Waals surface area contributed by atoms with E-state index in [1.807, 2.05) is 84.9 Å². The van der Waals surface area contributed by atoms with E-state index < -0.39 is 0 Å². The molecule has 1 N–H and O–H groups in total. The molecule has 1 heterocycles. The van der Waals surface area contributed by atoms with Crippen LogP contribution in [-0.2, 0) is 4.79 Å². The maximum atomic E-state index is 12.9. The molecule has 0 aliphatic carbocycles. The zero-order chi connectivity index (χ0) is 17.9. The van der Waals surface area contributed by atoms with Crippen molar-refractivity contribution in [1.82, 2.24) is 0 Å². The number of amides is 2. The van der Waals surface area contributed by atoms with E-state index in [-0.39, 0.29) is 24.3 Å². The minimum absolute atomic E-state index is 0.0655. The third-order valence-corrected chi connectivity index (χ3v) is 4.55. The average Bonchev–Trinajstić information content (AvgIpc) is 2.95. The Labute approximate surface area is 152 Å². The summed E-state index contributed by atoms with van der Waals surface area (Å²) in [4.78, 5) is 27.3. The van der Waals surface area contributed by atoms with Crippen LogP contribution in [-0.4, -0.2) is 11.8 Å². The van der Waals surface area contributed by atoms with Crippen LogP contribution in [0.2, 0.25) is 0 Å². The molecule has 1 aliphatic heterocycles. The van der Waals surface area contributed by atoms with Crippen molar-refractivity contribution in [3.63, 3.8) is 0 Å². The quantitative estimate of drug-likeness (QED) is 0.763. The number of benzene rings is 3. The molecule has 1 atom stereocenters. The molecule has 3 aromatic carbocycles. The van der Waals surface area contributed by atoms with Gasteiger partial charge in [0.05, 0.1) is 12.5 Å². The smallest absolute Gasteiger partial charge is 0.259 e. The first-order valence-electron chi connectivity index (χ1n) is 8.56. The lowest BCUT2D eigenvalue weighted by Crippen LogP contribution is -2.30. The fraction of sp³-hybridized carbons (Fsp3) is 0.0909. The number of rotatable bonds is 4. The van der Waals surface area contributed by atoms with Gasteiger partial charge in [0.1, 0.15) is 0 Å². The highest BCUT2D eigenvalue weighted by molar-refractivity contribution is 6.11. The van der Waals surface area contributed by atoms with Gasteiger partial charge in [-0.3, -0.25) is 9.59 Å². The Morgan fingerprint density at radius 2 is 1.46 bits per heavy atom. The Kier molecular flexibility index (Phi) is 4.23. The number of nitrogens with zero attached hydrogens (tertiary/aromatic N) is 1. The van der Waals surface area contributed by atoms with Crippen LogP contribution < -0.4 is 10.2 Å². The van der Waals surface area contributed by atoms with E-state index in [1.54, 1.807) is 4.90 Å². The molecule has 0 bridgehead atoms. The van der Waals surface area contributed by atoms with Gasteiger partial charge in [-0.2, -0.15) is 0 Å². The van der Waals surface area contributed by atoms with E-state index in [0.717, 1.165) is 16.9 Å². The minimum atomic E-state index is -0.315. The van der Waals surface area contributed by atoms with Crippen molar-refractivity contribution in [2.45, 2.75) is 12.5 Å². The Hall–Kier alpha value is -3.40. The van der Waals surface area contributed by atoms with Gasteiger partial charge < -0.3 is 10.2 Å². The molecule has 2 amide bonds. The zero-order valence-electron chi connectivity index (χ0n) is 14.1. The summed E-state index contributed by atoms with van der Waals surface area (Å²) in [5.74, 6) is -0.184. The Morgan fingerprint density at radius 1 is 0.846 bits per heavy atom. The van der Waals surface area contributed by atoms with Crippen LogP contribution >= 0.6 is 0 Å². The van der Waals surface area contributed by atoms with Crippen molar-refractivity contribution in [1.29, 1.82) is 0 Å². The molecule has 128 valence electrons. The molecule has 3 aromatic rings. The van der Waals surface area contributed by atoms with E-state index in [4.69, 9.17) is 0 Å². The second-order valence-corrected chi connectivity index (χ2v) is 6.23. The van der Waals surface area contributed by atoms with Crippen LogP contribution in [0, 0.1) is 0 Å². The van der Waals surface area contributed by atoms with Crippen molar-refractivity contribution in [2.75, 3.05) is 10.2 Å². The summed E-state index contributed by atoms with van der Waals surface area (Å²) >= 11 is 0. The SMILES string of the molecule is O=C(CC1c2ccccc2C(=O)N1c1ccccc1)Nc1ccccc1. The molecular weight excluding hydrogens is 324 g/mol. The van der Waals surface area contributed by atoms with Crippen LogP contribution in [0.1, 0.15) is 28.4 Å². The molecule has 4 nitrogen and oxygen atoms in total. The number of carbonyl (C=O) groups excluding carboxylic acids is 2. The number of nitrogens with one attached hydrogen (secondary N) is 1. The molecule has 0 aromatic heterocycles. The zero-order valence-corrected chi connectivity index (χ0v) is 14.1. The van der Waals surface area contributed by atoms with E-state index >= 15 is 0 Å². The highest BCUT2D eigenvalue weighted by Gasteiger charge is 2.38. The Bertz CT molecular complexity index is 939. The monoisotopic (exact) mass is 342 g/mol. The molecule has 0 saturated carbocycles. The normalized spacial score (nSPS) is 15.6. The van der Waals surface area contributed by atoms with Crippen molar-refractivity contribution >= 4 is 23.2 Å². The first kappa shape index (κ1) is 16.1. The van der Waals surface area contributed by atoms with Gasteiger partial charge in [-0.05, 0) is 35.9 Å². The van der Waals surface area contributed by atoms with Gasteiger partial charge in [0.25, 0.3) is 5.91 Å². The van der Waals surface area contributed by atoms with Crippen LogP contribution in [0.5, 0.6) is 0 Å². The Morgan fingerprint density at radius 3 is 2.19 bits per heavy atom. The molecule has 0 fully saturated rings. The number of hydrogen-bond acceptors (Lipinski definition) is 2. The molecule has 0 radical (unpaired) electrons. The highest BCUT2D eigenvalue weighted by atomic mass is 16.2. The lowest BCUT2D eigenvalue weighted by atomic mass is 10.0. The standard InChI is InChI=1S/C22H18N2O2/c25-21(23-16-9-3-1-4-10-16)15-20-18-13-7-8-14-19(18)22(26)24(20)17-11-5-2-6-12-17/h1-14,20H,15H2,(H,23,25). The van der Waals surface area contributed by atoms with Gasteiger partial charge in [0.2, 0.25) is 5.91 Å². The molecule has 1 unspecified atom stereocenters. The summed E-state index contributed by atoms with van der Waals surface area (Å²) in [5.41, 5.74) is 3.10. The summed E-state index contributed by atoms with van der Waals surface area (Å²) < 4.78 is 0. The summed E-state index contributed by atoms with van der Waals surface area (Å²) in [5, 5.41) is 2.91. The lowest BCUT2D eigenvalue weighted by Gasteiger charge is -2.25. The van der Waals surface area contributed by atoms with E-state index in [9.17, 15) is 9.59 Å². The van der Waals surface area contributed by atoms with Gasteiger partial charge in [0.15, 0.2) is 0 Å². The number of fused-ring (bicyclic) bond motifs is 1. The first-order chi connectivity index (χ1) is 12.7. The van der Waals surface area contributed by atoms with Crippen LogP contribution in [0.3, 0.4) is 0 Å². The molecule has 4 rings (SSSR count). The van der Waals surface area contributed by atoms with Crippen molar-refractivity contribution < 1.29 is 9.59 Å². The Balaban J connectivity index is 1.64. The van der Waals surface area contributed by atoms with Crippen molar-refractivity contribution in [3.8, 4) is 0 Å². The second kappa shape index (κ2) is 6.84. The number of hydrogen-bond donors (Lipinski definition) is 1. The number of carbonyl (C=O) groups is 2. The molecule has 4 heteroatoms. The third kappa shape index (κ3) is 2.97. The van der Waals surface area contributed by atoms with Crippen molar-refractivity contribution in [2.24, 2.45) is 0 Å². The van der Waals surface area contributed by atoms with Gasteiger partial charge >= 0.3 is 0 Å². The fourth-order valence-electron chi connectivity index (χ4n) is 3.39. The summed E-state index contributed by atoms with van der Waals surface area (Å²) in [6, 6.07) is 26.0. The van der Waals surface area contributed by atoms with Gasteiger partial charge in [0, 0.05) is 16.9 Å². The second-order valence-electron chi connectivity index (χ2n) is 6.23. The molecular formula is C22H18N2O2. The summed E-state index contributed by atoms with van der Waals surface area (Å²) in [6.07, 6.45) is 0.201. The minimum Gasteiger partial charge on any atom is -0.326 e. The molecule has 26 heavy (non-hydrogen) atoms. The maximum Gasteiger partial charge on any atom is 0.259 e. The van der Waals surface area contributed by atoms with E-state index in [2.05, 4.69) is 5.32 Å². The van der Waals surface area contributed by atoms with Gasteiger partial charge in [-0.15, -0.1) is 0 Å². The summed E-state index contributed by atoms with van der Waals surface area (Å²) in [7, 11) is 0. The first-order valence-corrected chi connectivity index (χ1v) is 8.56. The van der Waals surface area contributed by atoms with Gasteiger partial charge in [-0.1, -0.05) is 54.6 Å². The van der Waals surface area contributed by atoms with Crippen molar-refractivity contribution in [3.05, 3.63) is 96.1 Å². The predicted molar refractivity (Wildman–Crippen MR) is 102 cm³/mol. The summed E-state index contributed by atoms with van der Waals surface area (Å²) in [6.45, 7) is 0. The average molecular weight is 342 g/mol. The lowest BCUT2D eigenvalue weighted by molar-refractivity contribution is -0.116. The highest BCUT2D eigenvalue weighted by Crippen LogP contribution is 2.39. The molecule has 0 saturated heterocycles. The number of para-hydroxylation sites is 2. The molecule has 1 aliphatic rings. The third-order valence-electron chi connectivity index (χ3n) is 4.55. The van der Waals surface area contributed by atoms with Crippen LogP contribution in [0.4, 0.5) is 11.4 Å². The van der Waals surface area contributed by atoms with E-state index in [0.29, 0.717) is 5.56 Å². The predicted octanol–water partition coefficient (Wildman–Crippen LogP) is 4.42.